The number of hydrogen-bond acceptors (Lipinski definition) is 4. The molecule has 0 unspecified atom stereocenters. The molecule has 0 amide bonds. The van der Waals surface area contributed by atoms with E-state index >= 15 is 0 Å². The molecule has 2 rings (SSSR count). The summed E-state index contributed by atoms with van der Waals surface area (Å²) in [6, 6.07) is 16.2. The number of carbonyl (C=O) groups excluding carboxylic acids is 1. The fraction of sp³-hybridized carbons (Fsp3) is 0.0625. The van der Waals surface area contributed by atoms with E-state index in [0.717, 1.165) is 5.69 Å². The Balaban J connectivity index is 2.42. The maximum Gasteiger partial charge on any atom is 0.150 e. The third kappa shape index (κ3) is 2.50. The zero-order valence-corrected chi connectivity index (χ0v) is 10.9. The fourth-order valence-corrected chi connectivity index (χ4v) is 1.91. The summed E-state index contributed by atoms with van der Waals surface area (Å²) in [5.41, 5.74) is 3.06. The van der Waals surface area contributed by atoms with Crippen molar-refractivity contribution in [2.45, 2.75) is 0 Å². The molecule has 0 spiro atoms. The lowest BCUT2D eigenvalue weighted by Gasteiger charge is -2.20. The van der Waals surface area contributed by atoms with Gasteiger partial charge in [-0.25, -0.2) is 0 Å². The maximum absolute atomic E-state index is 10.7. The molecule has 4 heteroatoms. The van der Waals surface area contributed by atoms with Gasteiger partial charge in [0.25, 0.3) is 0 Å². The van der Waals surface area contributed by atoms with Gasteiger partial charge in [0.2, 0.25) is 0 Å². The van der Waals surface area contributed by atoms with Gasteiger partial charge in [-0.05, 0) is 42.5 Å². The molecule has 0 radical (unpaired) electrons. The van der Waals surface area contributed by atoms with Gasteiger partial charge in [0.15, 0.2) is 0 Å². The smallest absolute Gasteiger partial charge is 0.150 e. The first kappa shape index (κ1) is 13.3. The SMILES string of the molecule is CN(c1ccc(C#N)cc1)c1ccc(C=O)cc1C#N. The van der Waals surface area contributed by atoms with Crippen molar-refractivity contribution in [3.8, 4) is 12.1 Å². The molecule has 2 aromatic carbocycles. The largest absolute Gasteiger partial charge is 0.344 e. The molecule has 0 aromatic heterocycles. The first-order valence-corrected chi connectivity index (χ1v) is 5.93. The average molecular weight is 261 g/mol. The summed E-state index contributed by atoms with van der Waals surface area (Å²) in [5, 5.41) is 18.0. The number of benzene rings is 2. The number of nitrogens with zero attached hydrogens (tertiary/aromatic N) is 3. The molecule has 4 nitrogen and oxygen atoms in total. The van der Waals surface area contributed by atoms with Crippen LogP contribution in [0.2, 0.25) is 0 Å². The van der Waals surface area contributed by atoms with Crippen molar-refractivity contribution in [3.63, 3.8) is 0 Å². The number of rotatable bonds is 3. The Labute approximate surface area is 117 Å². The van der Waals surface area contributed by atoms with Crippen LogP contribution in [0.3, 0.4) is 0 Å². The van der Waals surface area contributed by atoms with Crippen LogP contribution >= 0.6 is 0 Å². The van der Waals surface area contributed by atoms with Crippen LogP contribution in [0.4, 0.5) is 11.4 Å². The van der Waals surface area contributed by atoms with Gasteiger partial charge in [-0.15, -0.1) is 0 Å². The van der Waals surface area contributed by atoms with Crippen molar-refractivity contribution in [3.05, 3.63) is 59.2 Å². The van der Waals surface area contributed by atoms with E-state index in [1.807, 2.05) is 24.1 Å². The molecule has 96 valence electrons. The van der Waals surface area contributed by atoms with Gasteiger partial charge in [-0.3, -0.25) is 4.79 Å². The maximum atomic E-state index is 10.7. The Morgan fingerprint density at radius 3 is 2.30 bits per heavy atom. The predicted octanol–water partition coefficient (Wildman–Crippen LogP) is 3.01. The highest BCUT2D eigenvalue weighted by Crippen LogP contribution is 2.27. The minimum absolute atomic E-state index is 0.432. The van der Waals surface area contributed by atoms with Crippen molar-refractivity contribution in [1.29, 1.82) is 10.5 Å². The van der Waals surface area contributed by atoms with Crippen LogP contribution in [-0.4, -0.2) is 13.3 Å². The molecular formula is C16H11N3O. The third-order valence-electron chi connectivity index (χ3n) is 3.02. The molecule has 0 saturated carbocycles. The topological polar surface area (TPSA) is 67.9 Å². The Morgan fingerprint density at radius 2 is 1.75 bits per heavy atom. The van der Waals surface area contributed by atoms with Crippen molar-refractivity contribution >= 4 is 17.7 Å². The van der Waals surface area contributed by atoms with Crippen molar-refractivity contribution in [2.24, 2.45) is 0 Å². The minimum Gasteiger partial charge on any atom is -0.344 e. The summed E-state index contributed by atoms with van der Waals surface area (Å²) in [4.78, 5) is 12.6. The molecule has 0 aliphatic rings. The number of nitriles is 2. The van der Waals surface area contributed by atoms with E-state index in [1.165, 1.54) is 0 Å². The standard InChI is InChI=1S/C16H11N3O/c1-19(15-5-2-12(9-17)3-6-15)16-7-4-13(11-20)8-14(16)10-18/h2-8,11H,1H3. The number of aldehydes is 1. The Kier molecular flexibility index (Phi) is 3.79. The summed E-state index contributed by atoms with van der Waals surface area (Å²) < 4.78 is 0. The molecule has 0 fully saturated rings. The Hall–Kier alpha value is -3.11. The van der Waals surface area contributed by atoms with Crippen LogP contribution in [0.15, 0.2) is 42.5 Å². The number of carbonyl (C=O) groups is 1. The van der Waals surface area contributed by atoms with E-state index in [9.17, 15) is 10.1 Å². The summed E-state index contributed by atoms with van der Waals surface area (Å²) in [7, 11) is 1.83. The average Bonchev–Trinajstić information content (AvgIpc) is 2.53. The lowest BCUT2D eigenvalue weighted by molar-refractivity contribution is 0.112. The quantitative estimate of drug-likeness (QED) is 0.796. The molecule has 0 saturated heterocycles. The molecule has 0 aliphatic carbocycles. The zero-order chi connectivity index (χ0) is 14.5. The minimum atomic E-state index is 0.432. The molecule has 0 bridgehead atoms. The zero-order valence-electron chi connectivity index (χ0n) is 10.9. The normalized spacial score (nSPS) is 9.35. The second kappa shape index (κ2) is 5.69. The highest BCUT2D eigenvalue weighted by Gasteiger charge is 2.10. The molecule has 0 heterocycles. The van der Waals surface area contributed by atoms with Gasteiger partial charge in [0.1, 0.15) is 12.4 Å². The Morgan fingerprint density at radius 1 is 1.05 bits per heavy atom. The lowest BCUT2D eigenvalue weighted by Crippen LogP contribution is -2.11. The van der Waals surface area contributed by atoms with E-state index in [-0.39, 0.29) is 0 Å². The van der Waals surface area contributed by atoms with E-state index in [2.05, 4.69) is 12.1 Å². The summed E-state index contributed by atoms with van der Waals surface area (Å²) in [5.74, 6) is 0. The lowest BCUT2D eigenvalue weighted by atomic mass is 10.1. The highest BCUT2D eigenvalue weighted by atomic mass is 16.1. The van der Waals surface area contributed by atoms with Crippen LogP contribution < -0.4 is 4.90 Å². The van der Waals surface area contributed by atoms with Crippen LogP contribution in [0.25, 0.3) is 0 Å². The van der Waals surface area contributed by atoms with Crippen LogP contribution in [0.1, 0.15) is 21.5 Å². The van der Waals surface area contributed by atoms with E-state index < -0.39 is 0 Å². The Bertz CT molecular complexity index is 721. The summed E-state index contributed by atoms with van der Waals surface area (Å²) >= 11 is 0. The van der Waals surface area contributed by atoms with E-state index in [0.29, 0.717) is 28.7 Å². The van der Waals surface area contributed by atoms with E-state index in [1.54, 1.807) is 30.3 Å². The van der Waals surface area contributed by atoms with Crippen LogP contribution in [-0.2, 0) is 0 Å². The highest BCUT2D eigenvalue weighted by molar-refractivity contribution is 5.79. The monoisotopic (exact) mass is 261 g/mol. The van der Waals surface area contributed by atoms with Crippen molar-refractivity contribution < 1.29 is 4.79 Å². The van der Waals surface area contributed by atoms with Gasteiger partial charge in [-0.2, -0.15) is 10.5 Å². The van der Waals surface area contributed by atoms with Gasteiger partial charge in [-0.1, -0.05) is 0 Å². The summed E-state index contributed by atoms with van der Waals surface area (Å²) in [6.07, 6.45) is 0.715. The van der Waals surface area contributed by atoms with Gasteiger partial charge < -0.3 is 4.90 Å². The molecule has 0 aliphatic heterocycles. The van der Waals surface area contributed by atoms with Crippen molar-refractivity contribution in [1.82, 2.24) is 0 Å². The molecular weight excluding hydrogens is 250 g/mol. The first-order valence-electron chi connectivity index (χ1n) is 5.93. The fourth-order valence-electron chi connectivity index (χ4n) is 1.91. The number of anilines is 2. The molecule has 2 aromatic rings. The van der Waals surface area contributed by atoms with Gasteiger partial charge in [0.05, 0.1) is 22.9 Å². The van der Waals surface area contributed by atoms with Crippen LogP contribution in [0, 0.1) is 22.7 Å². The number of hydrogen-bond donors (Lipinski definition) is 0. The molecule has 0 N–H and O–H groups in total. The van der Waals surface area contributed by atoms with Gasteiger partial charge in [0, 0.05) is 18.3 Å². The molecule has 20 heavy (non-hydrogen) atoms. The second-order valence-electron chi connectivity index (χ2n) is 4.22. The first-order chi connectivity index (χ1) is 9.69. The summed E-state index contributed by atoms with van der Waals surface area (Å²) in [6.45, 7) is 0. The van der Waals surface area contributed by atoms with E-state index in [4.69, 9.17) is 5.26 Å². The van der Waals surface area contributed by atoms with Crippen molar-refractivity contribution in [2.75, 3.05) is 11.9 Å². The third-order valence-corrected chi connectivity index (χ3v) is 3.02. The van der Waals surface area contributed by atoms with Crippen LogP contribution in [0.5, 0.6) is 0 Å². The second-order valence-corrected chi connectivity index (χ2v) is 4.22. The predicted molar refractivity (Wildman–Crippen MR) is 75.8 cm³/mol. The van der Waals surface area contributed by atoms with Gasteiger partial charge >= 0.3 is 0 Å². The molecule has 0 atom stereocenters.